The molecule has 2 rings (SSSR count). The quantitative estimate of drug-likeness (QED) is 0.473. The fourth-order valence-corrected chi connectivity index (χ4v) is 1.76. The first-order chi connectivity index (χ1) is 12.2. The summed E-state index contributed by atoms with van der Waals surface area (Å²) in [5.41, 5.74) is 0.716. The lowest BCUT2D eigenvalue weighted by atomic mass is 10.2. The van der Waals surface area contributed by atoms with Crippen LogP contribution in [0.3, 0.4) is 0 Å². The molecule has 1 N–H and O–H groups in total. The van der Waals surface area contributed by atoms with Crippen LogP contribution in [0, 0.1) is 0 Å². The molecule has 0 radical (unpaired) electrons. The zero-order valence-electron chi connectivity index (χ0n) is 14.4. The lowest BCUT2D eigenvalue weighted by Gasteiger charge is -2.02. The Morgan fingerprint density at radius 3 is 1.72 bits per heavy atom. The van der Waals surface area contributed by atoms with Crippen molar-refractivity contribution < 1.29 is 24.2 Å². The van der Waals surface area contributed by atoms with Gasteiger partial charge in [0.15, 0.2) is 0 Å². The normalized spacial score (nSPS) is 9.68. The molecule has 0 amide bonds. The van der Waals surface area contributed by atoms with Gasteiger partial charge in [-0.15, -0.1) is 0 Å². The Hall–Kier alpha value is -2.50. The third kappa shape index (κ3) is 8.79. The van der Waals surface area contributed by atoms with Crippen LogP contribution in [0.25, 0.3) is 0 Å². The van der Waals surface area contributed by atoms with Crippen molar-refractivity contribution in [2.24, 2.45) is 0 Å². The van der Waals surface area contributed by atoms with E-state index in [9.17, 15) is 9.59 Å². The van der Waals surface area contributed by atoms with Crippen molar-refractivity contribution in [3.05, 3.63) is 71.8 Å². The van der Waals surface area contributed by atoms with Gasteiger partial charge in [-0.2, -0.15) is 0 Å². The Balaban J connectivity index is 0.000000333. The van der Waals surface area contributed by atoms with E-state index in [1.165, 1.54) is 0 Å². The minimum absolute atomic E-state index is 0.143. The van der Waals surface area contributed by atoms with Crippen molar-refractivity contribution in [3.8, 4) is 0 Å². The van der Waals surface area contributed by atoms with Crippen molar-refractivity contribution in [3.63, 3.8) is 0 Å². The van der Waals surface area contributed by atoms with Gasteiger partial charge in [0.25, 0.3) is 0 Å². The molecule has 2 aromatic rings. The summed E-state index contributed by atoms with van der Waals surface area (Å²) in [6.45, 7) is 3.53. The lowest BCUT2D eigenvalue weighted by Crippen LogP contribution is -2.12. The largest absolute Gasteiger partial charge is 0.394 e. The summed E-state index contributed by atoms with van der Waals surface area (Å²) in [6.07, 6.45) is 2.26. The van der Waals surface area contributed by atoms with Gasteiger partial charge in [-0.05, 0) is 30.7 Å². The van der Waals surface area contributed by atoms with Crippen LogP contribution in [-0.2, 0) is 9.47 Å². The maximum Gasteiger partial charge on any atom is 0.346 e. The number of hydrogen-bond donors (Lipinski definition) is 1. The number of esters is 2. The summed E-state index contributed by atoms with van der Waals surface area (Å²) >= 11 is 0. The van der Waals surface area contributed by atoms with Crippen LogP contribution >= 0.6 is 0 Å². The minimum atomic E-state index is -0.639. The SMILES string of the molecule is CCCCOCCO.O=C(OC(=O)c1ccccc1)c1ccccc1. The Kier molecular flexibility index (Phi) is 10.6. The van der Waals surface area contributed by atoms with E-state index in [0.29, 0.717) is 17.7 Å². The third-order valence-electron chi connectivity index (χ3n) is 3.08. The fourth-order valence-electron chi connectivity index (χ4n) is 1.76. The fraction of sp³-hybridized carbons (Fsp3) is 0.300. The molecule has 0 saturated carbocycles. The Morgan fingerprint density at radius 1 is 0.840 bits per heavy atom. The number of aliphatic hydroxyl groups excluding tert-OH is 1. The van der Waals surface area contributed by atoms with Gasteiger partial charge in [0.1, 0.15) is 0 Å². The average molecular weight is 344 g/mol. The number of benzene rings is 2. The molecule has 0 heterocycles. The van der Waals surface area contributed by atoms with E-state index in [0.717, 1.165) is 19.4 Å². The summed E-state index contributed by atoms with van der Waals surface area (Å²) in [7, 11) is 0. The van der Waals surface area contributed by atoms with Crippen LogP contribution in [0.1, 0.15) is 40.5 Å². The summed E-state index contributed by atoms with van der Waals surface area (Å²) in [5.74, 6) is -1.28. The molecular weight excluding hydrogens is 320 g/mol. The smallest absolute Gasteiger partial charge is 0.346 e. The van der Waals surface area contributed by atoms with Gasteiger partial charge in [-0.25, -0.2) is 9.59 Å². The molecular formula is C20H24O5. The van der Waals surface area contributed by atoms with Crippen LogP contribution in [0.4, 0.5) is 0 Å². The molecule has 0 atom stereocenters. The highest BCUT2D eigenvalue weighted by molar-refractivity contribution is 6.02. The van der Waals surface area contributed by atoms with Gasteiger partial charge < -0.3 is 14.6 Å². The van der Waals surface area contributed by atoms with E-state index in [1.54, 1.807) is 60.7 Å². The zero-order valence-corrected chi connectivity index (χ0v) is 14.4. The van der Waals surface area contributed by atoms with Crippen LogP contribution in [0.2, 0.25) is 0 Å². The molecule has 0 aromatic heterocycles. The molecule has 5 nitrogen and oxygen atoms in total. The number of hydrogen-bond acceptors (Lipinski definition) is 5. The number of rotatable bonds is 7. The molecule has 0 saturated heterocycles. The van der Waals surface area contributed by atoms with E-state index in [-0.39, 0.29) is 6.61 Å². The van der Waals surface area contributed by atoms with Gasteiger partial charge >= 0.3 is 11.9 Å². The molecule has 0 unspecified atom stereocenters. The van der Waals surface area contributed by atoms with Crippen LogP contribution in [0.5, 0.6) is 0 Å². The average Bonchev–Trinajstić information content (AvgIpc) is 2.67. The molecule has 0 fully saturated rings. The molecule has 0 aliphatic carbocycles. The number of carbonyl (C=O) groups excluding carboxylic acids is 2. The number of unbranched alkanes of at least 4 members (excludes halogenated alkanes) is 1. The molecule has 0 aliphatic heterocycles. The predicted molar refractivity (Wildman–Crippen MR) is 95.4 cm³/mol. The van der Waals surface area contributed by atoms with E-state index < -0.39 is 11.9 Å². The van der Waals surface area contributed by atoms with Gasteiger partial charge in [0, 0.05) is 6.61 Å². The Bertz CT molecular complexity index is 555. The van der Waals surface area contributed by atoms with Crippen molar-refractivity contribution >= 4 is 11.9 Å². The van der Waals surface area contributed by atoms with Crippen LogP contribution < -0.4 is 0 Å². The molecule has 0 bridgehead atoms. The summed E-state index contributed by atoms with van der Waals surface area (Å²) in [4.78, 5) is 23.2. The maximum atomic E-state index is 11.6. The molecule has 2 aromatic carbocycles. The Morgan fingerprint density at radius 2 is 1.32 bits per heavy atom. The first-order valence-electron chi connectivity index (χ1n) is 8.24. The van der Waals surface area contributed by atoms with Crippen LogP contribution in [0.15, 0.2) is 60.7 Å². The van der Waals surface area contributed by atoms with Crippen molar-refractivity contribution in [1.29, 1.82) is 0 Å². The third-order valence-corrected chi connectivity index (χ3v) is 3.08. The van der Waals surface area contributed by atoms with Crippen molar-refractivity contribution in [2.75, 3.05) is 19.8 Å². The predicted octanol–water partition coefficient (Wildman–Crippen LogP) is 3.48. The molecule has 0 aliphatic rings. The zero-order chi connectivity index (χ0) is 18.3. The second kappa shape index (κ2) is 12.9. The van der Waals surface area contributed by atoms with Crippen molar-refractivity contribution in [1.82, 2.24) is 0 Å². The molecule has 0 spiro atoms. The first kappa shape index (κ1) is 20.5. The monoisotopic (exact) mass is 344 g/mol. The Labute approximate surface area is 148 Å². The molecule has 25 heavy (non-hydrogen) atoms. The maximum absolute atomic E-state index is 11.6. The number of aliphatic hydroxyl groups is 1. The van der Waals surface area contributed by atoms with E-state index in [1.807, 2.05) is 0 Å². The topological polar surface area (TPSA) is 72.8 Å². The lowest BCUT2D eigenvalue weighted by molar-refractivity contribution is 0.0398. The van der Waals surface area contributed by atoms with Gasteiger partial charge in [0.05, 0.1) is 24.3 Å². The first-order valence-corrected chi connectivity index (χ1v) is 8.24. The van der Waals surface area contributed by atoms with E-state index >= 15 is 0 Å². The summed E-state index contributed by atoms with van der Waals surface area (Å²) < 4.78 is 9.72. The molecule has 134 valence electrons. The number of ether oxygens (including phenoxy) is 2. The summed E-state index contributed by atoms with van der Waals surface area (Å²) in [5, 5.41) is 8.24. The second-order valence-electron chi connectivity index (χ2n) is 5.10. The standard InChI is InChI=1S/C14H10O3.C6H14O2/c15-13(11-7-3-1-4-8-11)17-14(16)12-9-5-2-6-10-12;1-2-3-5-8-6-4-7/h1-10H;7H,2-6H2,1H3. The second-order valence-corrected chi connectivity index (χ2v) is 5.10. The highest BCUT2D eigenvalue weighted by atomic mass is 16.6. The molecule has 5 heteroatoms. The minimum Gasteiger partial charge on any atom is -0.394 e. The van der Waals surface area contributed by atoms with Gasteiger partial charge in [-0.3, -0.25) is 0 Å². The van der Waals surface area contributed by atoms with Gasteiger partial charge in [-0.1, -0.05) is 49.7 Å². The summed E-state index contributed by atoms with van der Waals surface area (Å²) in [6, 6.07) is 16.8. The van der Waals surface area contributed by atoms with Crippen LogP contribution in [-0.4, -0.2) is 36.9 Å². The van der Waals surface area contributed by atoms with Gasteiger partial charge in [0.2, 0.25) is 0 Å². The van der Waals surface area contributed by atoms with E-state index in [4.69, 9.17) is 14.6 Å². The van der Waals surface area contributed by atoms with Crippen molar-refractivity contribution in [2.45, 2.75) is 19.8 Å². The number of carbonyl (C=O) groups is 2. The highest BCUT2D eigenvalue weighted by Gasteiger charge is 2.13. The van der Waals surface area contributed by atoms with E-state index in [2.05, 4.69) is 6.92 Å². The highest BCUT2D eigenvalue weighted by Crippen LogP contribution is 2.06.